The normalized spacial score (nSPS) is 11.8. The Hall–Kier alpha value is -3.05. The summed E-state index contributed by atoms with van der Waals surface area (Å²) in [7, 11) is 1.61. The van der Waals surface area contributed by atoms with Gasteiger partial charge in [-0.1, -0.05) is 59.4 Å². The number of nitrogens with zero attached hydrogens (tertiary/aromatic N) is 3. The third kappa shape index (κ3) is 7.50. The molecule has 3 aromatic carbocycles. The van der Waals surface area contributed by atoms with Crippen LogP contribution in [0.1, 0.15) is 18.8 Å². The van der Waals surface area contributed by atoms with Crippen molar-refractivity contribution in [1.82, 2.24) is 14.8 Å². The van der Waals surface area contributed by atoms with Crippen molar-refractivity contribution in [3.8, 4) is 5.75 Å². The summed E-state index contributed by atoms with van der Waals surface area (Å²) in [4.78, 5) is 14.8. The Bertz CT molecular complexity index is 1370. The van der Waals surface area contributed by atoms with Crippen molar-refractivity contribution < 1.29 is 18.7 Å². The SMILES string of the molecule is COCC(C)n1c(COc2ccccc2F)nnc1SCC(=O)Nc1ccccc1Sc1ccc(Cl)cc1. The maximum absolute atomic E-state index is 14.0. The number of thioether (sulfide) groups is 1. The van der Waals surface area contributed by atoms with Crippen LogP contribution in [0.25, 0.3) is 0 Å². The lowest BCUT2D eigenvalue weighted by molar-refractivity contribution is -0.113. The lowest BCUT2D eigenvalue weighted by Gasteiger charge is -2.17. The number of carbonyl (C=O) groups is 1. The summed E-state index contributed by atoms with van der Waals surface area (Å²) < 4.78 is 26.8. The topological polar surface area (TPSA) is 78.3 Å². The molecule has 1 atom stereocenters. The highest BCUT2D eigenvalue weighted by molar-refractivity contribution is 8.00. The molecule has 38 heavy (non-hydrogen) atoms. The van der Waals surface area contributed by atoms with Gasteiger partial charge in [0.2, 0.25) is 5.91 Å². The molecule has 1 aromatic heterocycles. The predicted molar refractivity (Wildman–Crippen MR) is 149 cm³/mol. The molecule has 0 aliphatic heterocycles. The monoisotopic (exact) mass is 572 g/mol. The van der Waals surface area contributed by atoms with Crippen molar-refractivity contribution in [3.05, 3.63) is 89.5 Å². The van der Waals surface area contributed by atoms with E-state index in [1.165, 1.54) is 29.6 Å². The molecule has 0 saturated heterocycles. The van der Waals surface area contributed by atoms with Crippen LogP contribution in [-0.4, -0.2) is 40.1 Å². The number of hydrogen-bond acceptors (Lipinski definition) is 7. The highest BCUT2D eigenvalue weighted by Crippen LogP contribution is 2.34. The number of hydrogen-bond donors (Lipinski definition) is 1. The maximum Gasteiger partial charge on any atom is 0.234 e. The van der Waals surface area contributed by atoms with Crippen molar-refractivity contribution in [3.63, 3.8) is 0 Å². The first kappa shape index (κ1) is 28.0. The fourth-order valence-corrected chi connectivity index (χ4v) is 5.45. The molecule has 0 radical (unpaired) electrons. The first-order chi connectivity index (χ1) is 18.4. The highest BCUT2D eigenvalue weighted by Gasteiger charge is 2.20. The second-order valence-electron chi connectivity index (χ2n) is 8.18. The molecule has 1 heterocycles. The zero-order valence-corrected chi connectivity index (χ0v) is 23.2. The first-order valence-electron chi connectivity index (χ1n) is 11.7. The van der Waals surface area contributed by atoms with E-state index < -0.39 is 5.82 Å². The van der Waals surface area contributed by atoms with E-state index in [0.29, 0.717) is 28.3 Å². The molecule has 4 aromatic rings. The molecule has 7 nitrogen and oxygen atoms in total. The average Bonchev–Trinajstić information content (AvgIpc) is 3.32. The first-order valence-corrected chi connectivity index (χ1v) is 13.9. The van der Waals surface area contributed by atoms with Gasteiger partial charge in [-0.2, -0.15) is 0 Å². The Labute approximate surface area is 234 Å². The van der Waals surface area contributed by atoms with Gasteiger partial charge in [-0.3, -0.25) is 9.36 Å². The fraction of sp³-hybridized carbons (Fsp3) is 0.222. The standard InChI is InChI=1S/C27H26ClFN4O3S2/c1-18(15-35-2)33-25(16-36-23-9-5-3-7-21(23)29)31-32-27(33)37-17-26(34)30-22-8-4-6-10-24(22)38-20-13-11-19(28)12-14-20/h3-14,18H,15-17H2,1-2H3,(H,30,34). The molecule has 0 spiro atoms. The average molecular weight is 573 g/mol. The van der Waals surface area contributed by atoms with Crippen molar-refractivity contribution >= 4 is 46.7 Å². The lowest BCUT2D eigenvalue weighted by Crippen LogP contribution is -2.18. The van der Waals surface area contributed by atoms with Crippen LogP contribution >= 0.6 is 35.1 Å². The minimum absolute atomic E-state index is 0.0179. The Morgan fingerprint density at radius 1 is 1.08 bits per heavy atom. The number of methoxy groups -OCH3 is 1. The van der Waals surface area contributed by atoms with Gasteiger partial charge in [0.15, 0.2) is 22.5 Å². The molecular formula is C27H26ClFN4O3S2. The number of aromatic nitrogens is 3. The van der Waals surface area contributed by atoms with Gasteiger partial charge in [0, 0.05) is 21.9 Å². The molecule has 0 saturated carbocycles. The summed E-state index contributed by atoms with van der Waals surface area (Å²) in [5, 5.41) is 12.7. The zero-order valence-electron chi connectivity index (χ0n) is 20.8. The Balaban J connectivity index is 1.42. The number of ether oxygens (including phenoxy) is 2. The van der Waals surface area contributed by atoms with E-state index in [9.17, 15) is 9.18 Å². The lowest BCUT2D eigenvalue weighted by atomic mass is 10.3. The van der Waals surface area contributed by atoms with Gasteiger partial charge in [-0.05, 0) is 55.5 Å². The zero-order chi connectivity index (χ0) is 26.9. The van der Waals surface area contributed by atoms with Crippen LogP contribution in [0.3, 0.4) is 0 Å². The number of para-hydroxylation sites is 2. The van der Waals surface area contributed by atoms with E-state index in [1.54, 1.807) is 25.3 Å². The van der Waals surface area contributed by atoms with Crippen LogP contribution < -0.4 is 10.1 Å². The molecule has 4 rings (SSSR count). The molecular weight excluding hydrogens is 547 g/mol. The van der Waals surface area contributed by atoms with Gasteiger partial charge in [-0.25, -0.2) is 4.39 Å². The number of nitrogens with one attached hydrogen (secondary N) is 1. The molecule has 0 bridgehead atoms. The summed E-state index contributed by atoms with van der Waals surface area (Å²) in [6.45, 7) is 2.37. The smallest absolute Gasteiger partial charge is 0.234 e. The highest BCUT2D eigenvalue weighted by atomic mass is 35.5. The van der Waals surface area contributed by atoms with Gasteiger partial charge in [0.25, 0.3) is 0 Å². The third-order valence-corrected chi connectivity index (χ3v) is 7.59. The van der Waals surface area contributed by atoms with E-state index in [2.05, 4.69) is 15.5 Å². The summed E-state index contributed by atoms with van der Waals surface area (Å²) in [6.07, 6.45) is 0. The molecule has 1 amide bonds. The van der Waals surface area contributed by atoms with Crippen LogP contribution in [0.5, 0.6) is 5.75 Å². The van der Waals surface area contributed by atoms with E-state index >= 15 is 0 Å². The largest absolute Gasteiger partial charge is 0.483 e. The molecule has 0 aliphatic rings. The third-order valence-electron chi connectivity index (χ3n) is 5.31. The van der Waals surface area contributed by atoms with Crippen molar-refractivity contribution in [2.75, 3.05) is 24.8 Å². The Kier molecular flexibility index (Phi) is 10.1. The van der Waals surface area contributed by atoms with Gasteiger partial charge in [-0.15, -0.1) is 10.2 Å². The minimum atomic E-state index is -0.454. The number of rotatable bonds is 12. The maximum atomic E-state index is 14.0. The van der Waals surface area contributed by atoms with Crippen LogP contribution in [-0.2, 0) is 16.1 Å². The van der Waals surface area contributed by atoms with Crippen LogP contribution in [0.4, 0.5) is 10.1 Å². The number of amides is 1. The van der Waals surface area contributed by atoms with E-state index in [4.69, 9.17) is 21.1 Å². The number of halogens is 2. The number of anilines is 1. The number of carbonyl (C=O) groups excluding carboxylic acids is 1. The second kappa shape index (κ2) is 13.7. The van der Waals surface area contributed by atoms with Gasteiger partial charge >= 0.3 is 0 Å². The van der Waals surface area contributed by atoms with Gasteiger partial charge in [0.05, 0.1) is 24.1 Å². The fourth-order valence-electron chi connectivity index (χ4n) is 3.57. The van der Waals surface area contributed by atoms with Crippen molar-refractivity contribution in [2.45, 2.75) is 34.5 Å². The number of benzene rings is 3. The molecule has 1 N–H and O–H groups in total. The minimum Gasteiger partial charge on any atom is -0.483 e. The predicted octanol–water partition coefficient (Wildman–Crippen LogP) is 6.74. The van der Waals surface area contributed by atoms with Gasteiger partial charge in [0.1, 0.15) is 6.61 Å². The summed E-state index contributed by atoms with van der Waals surface area (Å²) in [5.41, 5.74) is 0.714. The second-order valence-corrected chi connectivity index (χ2v) is 10.7. The summed E-state index contributed by atoms with van der Waals surface area (Å²) in [6, 6.07) is 21.2. The summed E-state index contributed by atoms with van der Waals surface area (Å²) in [5.74, 6) is 0.114. The van der Waals surface area contributed by atoms with Crippen LogP contribution in [0, 0.1) is 5.82 Å². The molecule has 11 heteroatoms. The Morgan fingerprint density at radius 3 is 2.58 bits per heavy atom. The van der Waals surface area contributed by atoms with Crippen molar-refractivity contribution in [2.24, 2.45) is 0 Å². The molecule has 0 fully saturated rings. The van der Waals surface area contributed by atoms with Gasteiger partial charge < -0.3 is 14.8 Å². The quantitative estimate of drug-likeness (QED) is 0.188. The van der Waals surface area contributed by atoms with Crippen LogP contribution in [0.15, 0.2) is 87.7 Å². The van der Waals surface area contributed by atoms with E-state index in [0.717, 1.165) is 9.79 Å². The molecule has 1 unspecified atom stereocenters. The van der Waals surface area contributed by atoms with Crippen molar-refractivity contribution in [1.29, 1.82) is 0 Å². The Morgan fingerprint density at radius 2 is 1.82 bits per heavy atom. The van der Waals surface area contributed by atoms with E-state index in [1.807, 2.05) is 60.0 Å². The molecule has 198 valence electrons. The summed E-state index contributed by atoms with van der Waals surface area (Å²) >= 11 is 8.79. The molecule has 0 aliphatic carbocycles. The van der Waals surface area contributed by atoms with E-state index in [-0.39, 0.29) is 30.1 Å². The van der Waals surface area contributed by atoms with Crippen LogP contribution in [0.2, 0.25) is 5.02 Å².